The molecule has 0 radical (unpaired) electrons. The maximum absolute atomic E-state index is 2.55. The van der Waals surface area contributed by atoms with Gasteiger partial charge in [0.2, 0.25) is 0 Å². The predicted molar refractivity (Wildman–Crippen MR) is 208 cm³/mol. The van der Waals surface area contributed by atoms with Crippen LogP contribution in [0.2, 0.25) is 0 Å². The van der Waals surface area contributed by atoms with E-state index in [1.54, 1.807) is 0 Å². The van der Waals surface area contributed by atoms with Gasteiger partial charge < -0.3 is 24.8 Å². The molecule has 257 valence electrons. The Morgan fingerprint density at radius 2 is 1.15 bits per heavy atom. The van der Waals surface area contributed by atoms with Crippen molar-refractivity contribution in [2.45, 2.75) is 58.3 Å². The Labute approximate surface area is 337 Å². The molecule has 3 heteroatoms. The summed E-state index contributed by atoms with van der Waals surface area (Å²) in [5.74, 6) is 0.150. The number of allylic oxidation sites excluding steroid dienone is 1. The maximum atomic E-state index is 2.55. The van der Waals surface area contributed by atoms with Crippen LogP contribution in [0.15, 0.2) is 140 Å². The Kier molecular flexibility index (Phi) is 10.7. The summed E-state index contributed by atoms with van der Waals surface area (Å²) >= 11 is 1.46. The van der Waals surface area contributed by atoms with Gasteiger partial charge in [-0.25, -0.2) is 0 Å². The first-order chi connectivity index (χ1) is 24.0. The van der Waals surface area contributed by atoms with E-state index in [0.717, 1.165) is 0 Å². The van der Waals surface area contributed by atoms with Gasteiger partial charge in [0.25, 0.3) is 0 Å². The van der Waals surface area contributed by atoms with Crippen LogP contribution in [0.5, 0.6) is 0 Å². The van der Waals surface area contributed by atoms with Gasteiger partial charge in [0.1, 0.15) is 0 Å². The second-order valence-electron chi connectivity index (χ2n) is 15.9. The van der Waals surface area contributed by atoms with Crippen LogP contribution in [0.1, 0.15) is 92.0 Å². The molecular weight excluding hydrogens is 751 g/mol. The molecular formula is C49H43Cl2Zr. The Bertz CT molecular complexity index is 2390. The summed E-state index contributed by atoms with van der Waals surface area (Å²) in [6, 6.07) is 49.8. The van der Waals surface area contributed by atoms with E-state index in [0.29, 0.717) is 0 Å². The van der Waals surface area contributed by atoms with Crippen LogP contribution in [0.3, 0.4) is 0 Å². The summed E-state index contributed by atoms with van der Waals surface area (Å²) in [6.07, 6.45) is 4.85. The Morgan fingerprint density at radius 3 is 1.73 bits per heavy atom. The summed E-state index contributed by atoms with van der Waals surface area (Å²) in [4.78, 5) is 0. The summed E-state index contributed by atoms with van der Waals surface area (Å²) in [5, 5.41) is 2.79. The number of benzene rings is 6. The molecule has 8 rings (SSSR count). The number of halogens is 2. The van der Waals surface area contributed by atoms with E-state index >= 15 is 0 Å². The second kappa shape index (κ2) is 14.6. The SMILES string of the molecule is CC(C)(C)c1ccc2c(c1)[C]([Zr+2])=c1c-2cc(=C(c2ccccc2)c2ccccc2)c(C(C)(C)C)c1C1C=Cc2cc(-c3ccccc3)ccc21.[Cl-].[Cl-]. The fourth-order valence-electron chi connectivity index (χ4n) is 8.14. The minimum atomic E-state index is -0.128. The van der Waals surface area contributed by atoms with Crippen molar-refractivity contribution in [3.63, 3.8) is 0 Å². The van der Waals surface area contributed by atoms with Gasteiger partial charge >= 0.3 is 315 Å². The van der Waals surface area contributed by atoms with Crippen molar-refractivity contribution in [2.24, 2.45) is 0 Å². The smallest absolute Gasteiger partial charge is 1.00 e. The molecule has 6 aromatic carbocycles. The van der Waals surface area contributed by atoms with Gasteiger partial charge in [-0.3, -0.25) is 0 Å². The molecule has 0 bridgehead atoms. The van der Waals surface area contributed by atoms with E-state index in [2.05, 4.69) is 187 Å². The summed E-state index contributed by atoms with van der Waals surface area (Å²) in [5.41, 5.74) is 17.4. The van der Waals surface area contributed by atoms with Crippen LogP contribution in [-0.2, 0) is 35.5 Å². The van der Waals surface area contributed by atoms with Gasteiger partial charge in [-0.1, -0.05) is 0 Å². The van der Waals surface area contributed by atoms with Crippen molar-refractivity contribution in [1.29, 1.82) is 0 Å². The molecule has 0 spiro atoms. The minimum absolute atomic E-state index is 0. The average molecular weight is 794 g/mol. The third kappa shape index (κ3) is 6.66. The van der Waals surface area contributed by atoms with Crippen molar-refractivity contribution in [1.82, 2.24) is 0 Å². The average Bonchev–Trinajstić information content (AvgIpc) is 3.66. The molecule has 0 aromatic heterocycles. The number of hydrogen-bond donors (Lipinski definition) is 0. The van der Waals surface area contributed by atoms with E-state index in [4.69, 9.17) is 0 Å². The number of fused-ring (bicyclic) bond motifs is 4. The molecule has 2 aliphatic rings. The zero-order valence-corrected chi connectivity index (χ0v) is 34.7. The molecule has 0 aliphatic heterocycles. The molecule has 0 fully saturated rings. The summed E-state index contributed by atoms with van der Waals surface area (Å²) in [6.45, 7) is 14.2. The van der Waals surface area contributed by atoms with E-state index in [1.807, 2.05) is 0 Å². The monoisotopic (exact) mass is 791 g/mol. The van der Waals surface area contributed by atoms with Gasteiger partial charge in [-0.15, -0.1) is 0 Å². The normalized spacial score (nSPS) is 14.2. The van der Waals surface area contributed by atoms with Crippen molar-refractivity contribution >= 4 is 14.9 Å². The molecule has 0 nitrogen and oxygen atoms in total. The van der Waals surface area contributed by atoms with Gasteiger partial charge in [0.05, 0.1) is 0 Å². The minimum Gasteiger partial charge on any atom is -1.00 e. The van der Waals surface area contributed by atoms with E-state index in [-0.39, 0.29) is 41.6 Å². The van der Waals surface area contributed by atoms with E-state index in [1.165, 1.54) is 111 Å². The largest absolute Gasteiger partial charge is 1.00 e. The number of hydrogen-bond acceptors (Lipinski definition) is 0. The standard InChI is InChI=1S/C49H43.2ClH.Zr/c1-48(2,3)38-24-27-40-37(29-38)30-43-42(40)31-44(45(33-18-12-8-13-19-33)34-20-14-9-15-21-34)47(49(4,5)6)46(43)41-26-23-36-28-35(22-25-39(36)41)32-16-10-7-11-17-32;;;/h7-29,31,41H,1-6H3;2*1H;/q;;;+2/p-2. The molecule has 0 saturated carbocycles. The Hall–Kier alpha value is -3.74. The van der Waals surface area contributed by atoms with Crippen LogP contribution in [0, 0.1) is 0 Å². The fourth-order valence-corrected chi connectivity index (χ4v) is 9.31. The van der Waals surface area contributed by atoms with Crippen LogP contribution in [0.25, 0.3) is 37.2 Å². The Morgan fingerprint density at radius 1 is 0.558 bits per heavy atom. The van der Waals surface area contributed by atoms with E-state index < -0.39 is 0 Å². The van der Waals surface area contributed by atoms with Crippen LogP contribution < -0.4 is 35.3 Å². The maximum Gasteiger partial charge on any atom is -1.00 e. The zero-order valence-electron chi connectivity index (χ0n) is 30.7. The molecule has 6 aromatic rings. The molecule has 2 aliphatic carbocycles. The Balaban J connectivity index is 0.00000232. The quantitative estimate of drug-likeness (QED) is 0.235. The van der Waals surface area contributed by atoms with E-state index in [9.17, 15) is 0 Å². The molecule has 1 unspecified atom stereocenters. The summed E-state index contributed by atoms with van der Waals surface area (Å²) < 4.78 is 1.48. The van der Waals surface area contributed by atoms with Crippen LogP contribution in [-0.4, -0.2) is 0 Å². The van der Waals surface area contributed by atoms with Crippen LogP contribution in [0.4, 0.5) is 0 Å². The molecule has 0 heterocycles. The molecule has 0 N–H and O–H groups in total. The first kappa shape index (κ1) is 38.0. The predicted octanol–water partition coefficient (Wildman–Crippen LogP) is 5.05. The molecule has 0 amide bonds. The molecule has 0 saturated heterocycles. The van der Waals surface area contributed by atoms with Crippen molar-refractivity contribution in [3.05, 3.63) is 194 Å². The van der Waals surface area contributed by atoms with Crippen molar-refractivity contribution in [3.8, 4) is 22.3 Å². The molecule has 52 heavy (non-hydrogen) atoms. The third-order valence-corrected chi connectivity index (χ3v) is 11.8. The fraction of sp³-hybridized carbons (Fsp3) is 0.184. The topological polar surface area (TPSA) is 0 Å². The van der Waals surface area contributed by atoms with Gasteiger partial charge in [0, 0.05) is 0 Å². The van der Waals surface area contributed by atoms with Crippen molar-refractivity contribution < 1.29 is 49.5 Å². The summed E-state index contributed by atoms with van der Waals surface area (Å²) in [7, 11) is 0. The molecule has 1 atom stereocenters. The van der Waals surface area contributed by atoms with Gasteiger partial charge in [-0.05, 0) is 0 Å². The third-order valence-electron chi connectivity index (χ3n) is 10.5. The first-order valence-electron chi connectivity index (χ1n) is 17.8. The zero-order chi connectivity index (χ0) is 34.8. The second-order valence-corrected chi connectivity index (χ2v) is 17.2. The van der Waals surface area contributed by atoms with Gasteiger partial charge in [-0.2, -0.15) is 0 Å². The first-order valence-corrected chi connectivity index (χ1v) is 19.0. The number of rotatable bonds is 4. The van der Waals surface area contributed by atoms with Crippen LogP contribution >= 0.6 is 0 Å². The van der Waals surface area contributed by atoms with Crippen molar-refractivity contribution in [2.75, 3.05) is 0 Å². The van der Waals surface area contributed by atoms with Gasteiger partial charge in [0.15, 0.2) is 0 Å².